The van der Waals surface area contributed by atoms with Gasteiger partial charge in [0.2, 0.25) is 0 Å². The van der Waals surface area contributed by atoms with Crippen molar-refractivity contribution >= 4 is 22.7 Å². The van der Waals surface area contributed by atoms with Gasteiger partial charge in [0.15, 0.2) is 5.16 Å². The van der Waals surface area contributed by atoms with Gasteiger partial charge in [-0.15, -0.1) is 0 Å². The number of aromatic nitrogens is 2. The minimum Gasteiger partial charge on any atom is -0.493 e. The van der Waals surface area contributed by atoms with E-state index in [0.717, 1.165) is 5.75 Å². The molecular weight excluding hydrogens is 346 g/mol. The second kappa shape index (κ2) is 8.07. The molecule has 0 N–H and O–H groups in total. The molecule has 1 heterocycles. The summed E-state index contributed by atoms with van der Waals surface area (Å²) in [5.41, 5.74) is 1.30. The quantitative estimate of drug-likeness (QED) is 0.375. The summed E-state index contributed by atoms with van der Waals surface area (Å²) in [7, 11) is 0. The van der Waals surface area contributed by atoms with Gasteiger partial charge in [-0.2, -0.15) is 5.26 Å². The normalized spacial score (nSPS) is 10.8. The molecule has 0 aliphatic carbocycles. The Labute approximate surface area is 156 Å². The summed E-state index contributed by atoms with van der Waals surface area (Å²) in [6.45, 7) is 4.45. The Bertz CT molecular complexity index is 1000. The summed E-state index contributed by atoms with van der Waals surface area (Å²) >= 11 is 1.51. The van der Waals surface area contributed by atoms with Crippen LogP contribution in [-0.2, 0) is 0 Å². The number of nitrogens with zero attached hydrogens (tertiary/aromatic N) is 3. The van der Waals surface area contributed by atoms with Gasteiger partial charge >= 0.3 is 0 Å². The standard InChI is InChI=1S/C20H19N3O2S/c1-14(2)23-19(24)17-5-3-4-6-18(17)22-20(23)26-12-11-25-16-9-7-15(13-21)8-10-16/h3-10,14H,11-12H2,1-2H3. The van der Waals surface area contributed by atoms with E-state index in [1.54, 1.807) is 28.8 Å². The van der Waals surface area contributed by atoms with Crippen molar-refractivity contribution in [2.24, 2.45) is 0 Å². The molecule has 0 atom stereocenters. The molecule has 0 bridgehead atoms. The van der Waals surface area contributed by atoms with Crippen molar-refractivity contribution in [1.29, 1.82) is 5.26 Å². The van der Waals surface area contributed by atoms with Crippen LogP contribution in [0.3, 0.4) is 0 Å². The highest BCUT2D eigenvalue weighted by Gasteiger charge is 2.13. The van der Waals surface area contributed by atoms with Crippen LogP contribution in [0.1, 0.15) is 25.5 Å². The first-order valence-corrected chi connectivity index (χ1v) is 9.35. The molecule has 0 aliphatic rings. The number of benzene rings is 2. The fourth-order valence-corrected chi connectivity index (χ4v) is 3.55. The highest BCUT2D eigenvalue weighted by Crippen LogP contribution is 2.21. The zero-order valence-corrected chi connectivity index (χ0v) is 15.5. The molecule has 0 saturated carbocycles. The van der Waals surface area contributed by atoms with Gasteiger partial charge in [0.25, 0.3) is 5.56 Å². The third-order valence-corrected chi connectivity index (χ3v) is 4.78. The molecule has 132 valence electrons. The number of hydrogen-bond acceptors (Lipinski definition) is 5. The Hall–Kier alpha value is -2.78. The third-order valence-electron chi connectivity index (χ3n) is 3.86. The summed E-state index contributed by atoms with van der Waals surface area (Å²) in [6.07, 6.45) is 0. The van der Waals surface area contributed by atoms with Crippen LogP contribution in [0.25, 0.3) is 10.9 Å². The van der Waals surface area contributed by atoms with E-state index in [4.69, 9.17) is 10.00 Å². The number of rotatable bonds is 6. The number of thioether (sulfide) groups is 1. The van der Waals surface area contributed by atoms with Gasteiger partial charge in [-0.3, -0.25) is 9.36 Å². The second-order valence-corrected chi connectivity index (χ2v) is 7.08. The van der Waals surface area contributed by atoms with Crippen molar-refractivity contribution < 1.29 is 4.74 Å². The van der Waals surface area contributed by atoms with Gasteiger partial charge in [-0.1, -0.05) is 23.9 Å². The average Bonchev–Trinajstić information content (AvgIpc) is 2.65. The predicted octanol–water partition coefficient (Wildman–Crippen LogP) is 4.02. The molecule has 26 heavy (non-hydrogen) atoms. The number of fused-ring (bicyclic) bond motifs is 1. The molecule has 5 nitrogen and oxygen atoms in total. The zero-order chi connectivity index (χ0) is 18.5. The summed E-state index contributed by atoms with van der Waals surface area (Å²) in [6, 6.07) is 16.5. The van der Waals surface area contributed by atoms with Crippen LogP contribution < -0.4 is 10.3 Å². The minimum absolute atomic E-state index is 0.0129. The minimum atomic E-state index is -0.0129. The van der Waals surface area contributed by atoms with Crippen LogP contribution in [-0.4, -0.2) is 21.9 Å². The van der Waals surface area contributed by atoms with E-state index in [1.165, 1.54) is 11.8 Å². The highest BCUT2D eigenvalue weighted by atomic mass is 32.2. The van der Waals surface area contributed by atoms with Gasteiger partial charge in [0.1, 0.15) is 5.75 Å². The number of para-hydroxylation sites is 1. The Morgan fingerprint density at radius 3 is 2.62 bits per heavy atom. The maximum atomic E-state index is 12.8. The van der Waals surface area contributed by atoms with E-state index in [9.17, 15) is 4.79 Å². The second-order valence-electron chi connectivity index (χ2n) is 6.01. The summed E-state index contributed by atoms with van der Waals surface area (Å²) in [5, 5.41) is 10.1. The molecule has 2 aromatic carbocycles. The van der Waals surface area contributed by atoms with E-state index in [1.807, 2.05) is 38.1 Å². The van der Waals surface area contributed by atoms with Crippen molar-refractivity contribution in [2.75, 3.05) is 12.4 Å². The first-order chi connectivity index (χ1) is 12.6. The van der Waals surface area contributed by atoms with E-state index in [2.05, 4.69) is 11.1 Å². The van der Waals surface area contributed by atoms with Crippen molar-refractivity contribution in [1.82, 2.24) is 9.55 Å². The van der Waals surface area contributed by atoms with Crippen LogP contribution in [0.5, 0.6) is 5.75 Å². The molecule has 6 heteroatoms. The predicted molar refractivity (Wildman–Crippen MR) is 104 cm³/mol. The average molecular weight is 365 g/mol. The van der Waals surface area contributed by atoms with Gasteiger partial charge in [0, 0.05) is 11.8 Å². The number of hydrogen-bond donors (Lipinski definition) is 0. The monoisotopic (exact) mass is 365 g/mol. The summed E-state index contributed by atoms with van der Waals surface area (Å²) < 4.78 is 7.43. The first kappa shape index (κ1) is 18.0. The molecule has 0 fully saturated rings. The van der Waals surface area contributed by atoms with Crippen molar-refractivity contribution in [3.05, 3.63) is 64.4 Å². The highest BCUT2D eigenvalue weighted by molar-refractivity contribution is 7.99. The van der Waals surface area contributed by atoms with E-state index in [-0.39, 0.29) is 11.6 Å². The van der Waals surface area contributed by atoms with Crippen LogP contribution >= 0.6 is 11.8 Å². The largest absolute Gasteiger partial charge is 0.493 e. The maximum absolute atomic E-state index is 12.8. The lowest BCUT2D eigenvalue weighted by molar-refractivity contribution is 0.343. The fraction of sp³-hybridized carbons (Fsp3) is 0.250. The Kier molecular flexibility index (Phi) is 5.59. The van der Waals surface area contributed by atoms with Crippen LogP contribution in [0.2, 0.25) is 0 Å². The zero-order valence-electron chi connectivity index (χ0n) is 14.7. The molecule has 3 aromatic rings. The van der Waals surface area contributed by atoms with Crippen molar-refractivity contribution in [3.63, 3.8) is 0 Å². The summed E-state index contributed by atoms with van der Waals surface area (Å²) in [5.74, 6) is 1.38. The Morgan fingerprint density at radius 2 is 1.92 bits per heavy atom. The Morgan fingerprint density at radius 1 is 1.19 bits per heavy atom. The molecule has 3 rings (SSSR count). The molecule has 0 aliphatic heterocycles. The molecule has 0 saturated heterocycles. The van der Waals surface area contributed by atoms with Gasteiger partial charge in [-0.25, -0.2) is 4.98 Å². The SMILES string of the molecule is CC(C)n1c(SCCOc2ccc(C#N)cc2)nc2ccccc2c1=O. The first-order valence-electron chi connectivity index (χ1n) is 8.37. The smallest absolute Gasteiger partial charge is 0.262 e. The van der Waals surface area contributed by atoms with Crippen LogP contribution in [0.15, 0.2) is 58.5 Å². The molecule has 1 aromatic heterocycles. The van der Waals surface area contributed by atoms with Crippen molar-refractivity contribution in [2.45, 2.75) is 25.0 Å². The van der Waals surface area contributed by atoms with E-state index in [0.29, 0.717) is 34.0 Å². The molecule has 0 amide bonds. The molecule has 0 spiro atoms. The fourth-order valence-electron chi connectivity index (χ4n) is 2.60. The lowest BCUT2D eigenvalue weighted by Crippen LogP contribution is -2.25. The number of nitriles is 1. The number of ether oxygens (including phenoxy) is 1. The molecule has 0 unspecified atom stereocenters. The Balaban J connectivity index is 1.72. The van der Waals surface area contributed by atoms with Crippen LogP contribution in [0.4, 0.5) is 0 Å². The van der Waals surface area contributed by atoms with Crippen molar-refractivity contribution in [3.8, 4) is 11.8 Å². The van der Waals surface area contributed by atoms with Gasteiger partial charge in [-0.05, 0) is 50.2 Å². The van der Waals surface area contributed by atoms with Gasteiger partial charge < -0.3 is 4.74 Å². The lowest BCUT2D eigenvalue weighted by atomic mass is 10.2. The van der Waals surface area contributed by atoms with E-state index >= 15 is 0 Å². The summed E-state index contributed by atoms with van der Waals surface area (Å²) in [4.78, 5) is 17.4. The molecule has 0 radical (unpaired) electrons. The third kappa shape index (κ3) is 3.89. The van der Waals surface area contributed by atoms with Gasteiger partial charge in [0.05, 0.1) is 29.1 Å². The lowest BCUT2D eigenvalue weighted by Gasteiger charge is -2.16. The van der Waals surface area contributed by atoms with E-state index < -0.39 is 0 Å². The topological polar surface area (TPSA) is 67.9 Å². The maximum Gasteiger partial charge on any atom is 0.262 e. The molecular formula is C20H19N3O2S. The van der Waals surface area contributed by atoms with Crippen LogP contribution in [0, 0.1) is 11.3 Å².